The minimum atomic E-state index is -1.07. The van der Waals surface area contributed by atoms with Crippen molar-refractivity contribution in [3.05, 3.63) is 35.9 Å². The van der Waals surface area contributed by atoms with Gasteiger partial charge in [-0.3, -0.25) is 9.78 Å². The number of amides is 1. The first-order valence-corrected chi connectivity index (χ1v) is 11.1. The third-order valence-electron chi connectivity index (χ3n) is 5.69. The molecule has 0 bridgehead atoms. The Morgan fingerprint density at radius 2 is 2.06 bits per heavy atom. The Morgan fingerprint density at radius 1 is 1.28 bits per heavy atom. The second-order valence-electron chi connectivity index (χ2n) is 7.88. The Hall–Kier alpha value is -2.85. The van der Waals surface area contributed by atoms with E-state index in [1.54, 1.807) is 13.1 Å². The SMILES string of the molecule is CCOCCOC(C)C(=O)NC(c1cn(-c2cnccc2C(=O)O)nn1)C1CCCCC1. The highest BCUT2D eigenvalue weighted by Crippen LogP contribution is 2.34. The van der Waals surface area contributed by atoms with Crippen LogP contribution in [-0.2, 0) is 14.3 Å². The molecule has 1 aliphatic carbocycles. The van der Waals surface area contributed by atoms with Gasteiger partial charge in [-0.1, -0.05) is 24.5 Å². The van der Waals surface area contributed by atoms with E-state index >= 15 is 0 Å². The predicted octanol–water partition coefficient (Wildman–Crippen LogP) is 2.54. The molecule has 174 valence electrons. The summed E-state index contributed by atoms with van der Waals surface area (Å²) in [5.74, 6) is -1.07. The van der Waals surface area contributed by atoms with Crippen molar-refractivity contribution in [2.45, 2.75) is 58.1 Å². The van der Waals surface area contributed by atoms with Crippen LogP contribution in [-0.4, -0.2) is 62.9 Å². The lowest BCUT2D eigenvalue weighted by Crippen LogP contribution is -2.41. The van der Waals surface area contributed by atoms with E-state index < -0.39 is 12.1 Å². The molecule has 2 atom stereocenters. The fourth-order valence-electron chi connectivity index (χ4n) is 3.96. The standard InChI is InChI=1S/C22H31N5O5/c1-3-31-11-12-32-15(2)21(28)24-20(16-7-5-4-6-8-16)18-14-27(26-25-18)19-13-23-10-9-17(19)22(29)30/h9-10,13-16,20H,3-8,11-12H2,1-2H3,(H,24,28)(H,29,30). The molecule has 0 saturated heterocycles. The maximum atomic E-state index is 12.8. The summed E-state index contributed by atoms with van der Waals surface area (Å²) in [5.41, 5.74) is 0.984. The summed E-state index contributed by atoms with van der Waals surface area (Å²) in [7, 11) is 0. The Kier molecular flexibility index (Phi) is 8.69. The van der Waals surface area contributed by atoms with Crippen LogP contribution in [0.1, 0.15) is 68.0 Å². The minimum Gasteiger partial charge on any atom is -0.478 e. The van der Waals surface area contributed by atoms with Gasteiger partial charge >= 0.3 is 5.97 Å². The van der Waals surface area contributed by atoms with Crippen LogP contribution in [0.5, 0.6) is 0 Å². The highest BCUT2D eigenvalue weighted by Gasteiger charge is 2.30. The number of carboxylic acid groups (broad SMARTS) is 1. The van der Waals surface area contributed by atoms with Gasteiger partial charge in [-0.2, -0.15) is 0 Å². The van der Waals surface area contributed by atoms with Crippen molar-refractivity contribution in [3.63, 3.8) is 0 Å². The third-order valence-corrected chi connectivity index (χ3v) is 5.69. The summed E-state index contributed by atoms with van der Waals surface area (Å²) in [6, 6.07) is 1.08. The van der Waals surface area contributed by atoms with Gasteiger partial charge in [0.15, 0.2) is 0 Å². The molecule has 10 heteroatoms. The topological polar surface area (TPSA) is 128 Å². The number of hydrogen-bond acceptors (Lipinski definition) is 7. The summed E-state index contributed by atoms with van der Waals surface area (Å²) in [4.78, 5) is 28.4. The third kappa shape index (κ3) is 6.10. The molecule has 0 aromatic carbocycles. The largest absolute Gasteiger partial charge is 0.478 e. The fraction of sp³-hybridized carbons (Fsp3) is 0.591. The van der Waals surface area contributed by atoms with Crippen molar-refractivity contribution in [2.24, 2.45) is 5.92 Å². The lowest BCUT2D eigenvalue weighted by molar-refractivity contribution is -0.134. The summed E-state index contributed by atoms with van der Waals surface area (Å²) in [6.07, 6.45) is 9.22. The molecule has 0 spiro atoms. The highest BCUT2D eigenvalue weighted by molar-refractivity contribution is 5.91. The van der Waals surface area contributed by atoms with E-state index in [1.807, 2.05) is 6.92 Å². The number of aromatic carboxylic acids is 1. The molecule has 2 heterocycles. The number of pyridine rings is 1. The van der Waals surface area contributed by atoms with Gasteiger partial charge in [-0.15, -0.1) is 5.10 Å². The monoisotopic (exact) mass is 445 g/mol. The second kappa shape index (κ2) is 11.7. The Bertz CT molecular complexity index is 896. The van der Waals surface area contributed by atoms with Crippen molar-refractivity contribution in [1.29, 1.82) is 0 Å². The van der Waals surface area contributed by atoms with Crippen LogP contribution in [0.2, 0.25) is 0 Å². The number of carbonyl (C=O) groups excluding carboxylic acids is 1. The molecule has 2 unspecified atom stereocenters. The smallest absolute Gasteiger partial charge is 0.338 e. The van der Waals surface area contributed by atoms with Crippen molar-refractivity contribution in [2.75, 3.05) is 19.8 Å². The summed E-state index contributed by atoms with van der Waals surface area (Å²) in [5, 5.41) is 21.0. The van der Waals surface area contributed by atoms with Gasteiger partial charge in [0.1, 0.15) is 11.8 Å². The number of carboxylic acids is 1. The first kappa shape index (κ1) is 23.8. The Morgan fingerprint density at radius 3 is 2.78 bits per heavy atom. The van der Waals surface area contributed by atoms with Gasteiger partial charge in [-0.05, 0) is 38.7 Å². The number of rotatable bonds is 11. The molecule has 0 radical (unpaired) electrons. The molecule has 2 aromatic heterocycles. The van der Waals surface area contributed by atoms with E-state index in [2.05, 4.69) is 20.6 Å². The van der Waals surface area contributed by atoms with Crippen LogP contribution < -0.4 is 5.32 Å². The van der Waals surface area contributed by atoms with Crippen LogP contribution >= 0.6 is 0 Å². The van der Waals surface area contributed by atoms with Crippen LogP contribution in [0, 0.1) is 5.92 Å². The maximum Gasteiger partial charge on any atom is 0.338 e. The molecule has 2 aromatic rings. The molecular weight excluding hydrogens is 414 g/mol. The summed E-state index contributed by atoms with van der Waals surface area (Å²) < 4.78 is 12.2. The van der Waals surface area contributed by atoms with Gasteiger partial charge in [-0.25, -0.2) is 9.48 Å². The molecule has 1 saturated carbocycles. The normalized spacial score (nSPS) is 16.4. The predicted molar refractivity (Wildman–Crippen MR) is 115 cm³/mol. The number of nitrogens with zero attached hydrogens (tertiary/aromatic N) is 4. The maximum absolute atomic E-state index is 12.8. The first-order valence-electron chi connectivity index (χ1n) is 11.1. The molecule has 2 N–H and O–H groups in total. The van der Waals surface area contributed by atoms with Gasteiger partial charge in [0.2, 0.25) is 5.91 Å². The Balaban J connectivity index is 1.78. The van der Waals surface area contributed by atoms with Crippen LogP contribution in [0.25, 0.3) is 5.69 Å². The molecule has 0 aliphatic heterocycles. The molecule has 1 amide bonds. The zero-order chi connectivity index (χ0) is 22.9. The molecule has 3 rings (SSSR count). The quantitative estimate of drug-likeness (QED) is 0.505. The lowest BCUT2D eigenvalue weighted by Gasteiger charge is -2.30. The van der Waals surface area contributed by atoms with Gasteiger partial charge in [0.25, 0.3) is 0 Å². The number of nitrogens with one attached hydrogen (secondary N) is 1. The Labute approximate surface area is 187 Å². The van der Waals surface area contributed by atoms with Crippen LogP contribution in [0.4, 0.5) is 0 Å². The van der Waals surface area contributed by atoms with Crippen molar-refractivity contribution >= 4 is 11.9 Å². The van der Waals surface area contributed by atoms with Gasteiger partial charge in [0.05, 0.1) is 42.9 Å². The van der Waals surface area contributed by atoms with Crippen molar-refractivity contribution < 1.29 is 24.2 Å². The first-order chi connectivity index (χ1) is 15.5. The number of carbonyl (C=O) groups is 2. The van der Waals surface area contributed by atoms with Gasteiger partial charge in [0, 0.05) is 12.8 Å². The van der Waals surface area contributed by atoms with E-state index in [0.29, 0.717) is 31.2 Å². The van der Waals surface area contributed by atoms with Gasteiger partial charge < -0.3 is 19.9 Å². The van der Waals surface area contributed by atoms with Crippen LogP contribution in [0.3, 0.4) is 0 Å². The number of ether oxygens (including phenoxy) is 2. The fourth-order valence-corrected chi connectivity index (χ4v) is 3.96. The zero-order valence-electron chi connectivity index (χ0n) is 18.6. The summed E-state index contributed by atoms with van der Waals surface area (Å²) in [6.45, 7) is 4.99. The lowest BCUT2D eigenvalue weighted by atomic mass is 9.82. The second-order valence-corrected chi connectivity index (χ2v) is 7.88. The average Bonchev–Trinajstić information content (AvgIpc) is 3.30. The van der Waals surface area contributed by atoms with Crippen molar-refractivity contribution in [1.82, 2.24) is 25.3 Å². The summed E-state index contributed by atoms with van der Waals surface area (Å²) >= 11 is 0. The molecule has 1 aliphatic rings. The minimum absolute atomic E-state index is 0.0750. The molecule has 1 fully saturated rings. The van der Waals surface area contributed by atoms with Crippen LogP contribution in [0.15, 0.2) is 24.7 Å². The number of aromatic nitrogens is 4. The molecule has 32 heavy (non-hydrogen) atoms. The van der Waals surface area contributed by atoms with E-state index in [-0.39, 0.29) is 23.4 Å². The van der Waals surface area contributed by atoms with E-state index in [4.69, 9.17) is 9.47 Å². The average molecular weight is 446 g/mol. The highest BCUT2D eigenvalue weighted by atomic mass is 16.5. The zero-order valence-corrected chi connectivity index (χ0v) is 18.6. The van der Waals surface area contributed by atoms with Crippen molar-refractivity contribution in [3.8, 4) is 5.69 Å². The van der Waals surface area contributed by atoms with E-state index in [0.717, 1.165) is 25.7 Å². The van der Waals surface area contributed by atoms with E-state index in [1.165, 1.54) is 29.6 Å². The number of hydrogen-bond donors (Lipinski definition) is 2. The van der Waals surface area contributed by atoms with E-state index in [9.17, 15) is 14.7 Å². The molecule has 10 nitrogen and oxygen atoms in total. The molecular formula is C22H31N5O5.